The van der Waals surface area contributed by atoms with Crippen molar-refractivity contribution in [1.29, 1.82) is 0 Å². The molecule has 0 aliphatic rings. The van der Waals surface area contributed by atoms with E-state index in [4.69, 9.17) is 37.9 Å². The highest BCUT2D eigenvalue weighted by atomic mass is 33.1. The minimum atomic E-state index is -0.761. The van der Waals surface area contributed by atoms with Crippen LogP contribution in [0.1, 0.15) is 260 Å². The number of carbonyl (C=O) groups is 6. The third kappa shape index (κ3) is 61.9. The summed E-state index contributed by atoms with van der Waals surface area (Å²) in [5, 5.41) is 0. The molecule has 0 heterocycles. The molecule has 0 N–H and O–H groups in total. The molecule has 0 bridgehead atoms. The van der Waals surface area contributed by atoms with Gasteiger partial charge < -0.3 is 52.6 Å². The summed E-state index contributed by atoms with van der Waals surface area (Å²) in [5.41, 5.74) is 0. The zero-order chi connectivity index (χ0) is 66.0. The van der Waals surface area contributed by atoms with Gasteiger partial charge in [0.25, 0.3) is 0 Å². The number of esters is 4. The van der Waals surface area contributed by atoms with Gasteiger partial charge in [0.15, 0.2) is 0 Å². The van der Waals surface area contributed by atoms with Crippen LogP contribution in [0.3, 0.4) is 0 Å². The first kappa shape index (κ1) is 87.7. The fourth-order valence-electron chi connectivity index (χ4n) is 10.0. The summed E-state index contributed by atoms with van der Waals surface area (Å²) in [5.74, 6) is 2.97. The molecule has 0 rings (SSSR count). The van der Waals surface area contributed by atoms with Crippen molar-refractivity contribution in [2.45, 2.75) is 260 Å². The molecular weight excluding hydrogens is 1220 g/mol. The Morgan fingerprint density at radius 3 is 0.933 bits per heavy atom. The van der Waals surface area contributed by atoms with Gasteiger partial charge >= 0.3 is 36.2 Å². The van der Waals surface area contributed by atoms with Gasteiger partial charge in [-0.25, -0.2) is 9.59 Å². The second-order valence-corrected chi connectivity index (χ2v) is 29.3. The Kier molecular flexibility index (Phi) is 66.4. The lowest BCUT2D eigenvalue weighted by Gasteiger charge is -2.25. The highest BCUT2D eigenvalue weighted by molar-refractivity contribution is 8.77. The standard InChI is InChI=1S/C69H131N3O14S4/c1-8-14-20-24-26-30-56-87-89-58-54-81-66(75)40-48-72(49-41-67(76)82-55-59-90-88-57-31-27-25-21-15-9-2)45-33-43-70(7)42-32-44-71(46-38-64(73)79-50-52-83-68(77)85-60-62(34-18-12-5)36-28-22-16-10-3)47-39-65(74)80-51-53-84-69(78)86-61-63(35-19-13-6)37-29-23-17-11-4/h62-63H,8-61H2,1-7H3. The number of nitrogens with zero attached hydrogens (tertiary/aromatic N) is 3. The Morgan fingerprint density at radius 1 is 0.289 bits per heavy atom. The maximum atomic E-state index is 13.0. The average Bonchev–Trinajstić information content (AvgIpc) is 3.64. The lowest BCUT2D eigenvalue weighted by Crippen LogP contribution is -2.34. The van der Waals surface area contributed by atoms with Crippen LogP contribution in [-0.4, -0.2) is 186 Å². The molecule has 90 heavy (non-hydrogen) atoms. The van der Waals surface area contributed by atoms with Crippen LogP contribution >= 0.6 is 43.2 Å². The van der Waals surface area contributed by atoms with E-state index in [1.165, 1.54) is 116 Å². The number of carbonyl (C=O) groups excluding carboxylic acids is 6. The summed E-state index contributed by atoms with van der Waals surface area (Å²) >= 11 is 0. The molecule has 0 saturated carbocycles. The maximum absolute atomic E-state index is 13.0. The van der Waals surface area contributed by atoms with Gasteiger partial charge in [0.2, 0.25) is 0 Å². The van der Waals surface area contributed by atoms with Crippen LogP contribution in [0.5, 0.6) is 0 Å². The second kappa shape index (κ2) is 68.1. The summed E-state index contributed by atoms with van der Waals surface area (Å²) in [6.07, 6.45) is 33.7. The number of ether oxygens (including phenoxy) is 8. The van der Waals surface area contributed by atoms with Gasteiger partial charge in [-0.3, -0.25) is 19.2 Å². The average molecular weight is 1360 g/mol. The summed E-state index contributed by atoms with van der Waals surface area (Å²) in [4.78, 5) is 83.0. The third-order valence-electron chi connectivity index (χ3n) is 15.6. The summed E-state index contributed by atoms with van der Waals surface area (Å²) in [7, 11) is 9.28. The van der Waals surface area contributed by atoms with E-state index >= 15 is 0 Å². The van der Waals surface area contributed by atoms with E-state index in [2.05, 4.69) is 58.4 Å². The second-order valence-electron chi connectivity index (χ2n) is 23.9. The quantitative estimate of drug-likeness (QED) is 0.0242. The summed E-state index contributed by atoms with van der Waals surface area (Å²) in [6.45, 7) is 18.6. The predicted molar refractivity (Wildman–Crippen MR) is 377 cm³/mol. The fourth-order valence-corrected chi connectivity index (χ4v) is 14.0. The number of hydrogen-bond donors (Lipinski definition) is 0. The van der Waals surface area contributed by atoms with E-state index in [9.17, 15) is 28.8 Å². The van der Waals surface area contributed by atoms with E-state index in [-0.39, 0.29) is 64.0 Å². The largest absolute Gasteiger partial charge is 0.508 e. The van der Waals surface area contributed by atoms with Crippen molar-refractivity contribution in [2.75, 3.05) is 135 Å². The van der Waals surface area contributed by atoms with Gasteiger partial charge in [-0.15, -0.1) is 0 Å². The smallest absolute Gasteiger partial charge is 0.465 e. The van der Waals surface area contributed by atoms with E-state index in [0.29, 0.717) is 77.5 Å². The molecule has 17 nitrogen and oxygen atoms in total. The Hall–Kier alpha value is -2.30. The van der Waals surface area contributed by atoms with E-state index in [1.807, 2.05) is 26.5 Å². The van der Waals surface area contributed by atoms with Crippen molar-refractivity contribution < 1.29 is 66.7 Å². The Bertz CT molecular complexity index is 1570. The van der Waals surface area contributed by atoms with Crippen molar-refractivity contribution in [2.24, 2.45) is 11.8 Å². The summed E-state index contributed by atoms with van der Waals surface area (Å²) < 4.78 is 43.5. The third-order valence-corrected chi connectivity index (χ3v) is 20.5. The monoisotopic (exact) mass is 1350 g/mol. The van der Waals surface area contributed by atoms with Gasteiger partial charge in [0, 0.05) is 49.2 Å². The van der Waals surface area contributed by atoms with Gasteiger partial charge in [0.1, 0.15) is 39.6 Å². The first-order chi connectivity index (χ1) is 43.9. The van der Waals surface area contributed by atoms with Crippen LogP contribution < -0.4 is 0 Å². The van der Waals surface area contributed by atoms with Crippen LogP contribution in [0.2, 0.25) is 0 Å². The molecule has 530 valence electrons. The molecule has 0 fully saturated rings. The van der Waals surface area contributed by atoms with Crippen LogP contribution in [0, 0.1) is 11.8 Å². The van der Waals surface area contributed by atoms with Crippen LogP contribution in [-0.2, 0) is 57.1 Å². The Balaban J connectivity index is 5.42. The first-order valence-electron chi connectivity index (χ1n) is 35.7. The van der Waals surface area contributed by atoms with Crippen molar-refractivity contribution >= 4 is 79.4 Å². The number of unbranched alkanes of at least 4 members (excludes halogenated alkanes) is 18. The van der Waals surface area contributed by atoms with Crippen molar-refractivity contribution in [1.82, 2.24) is 14.7 Å². The molecule has 0 aliphatic carbocycles. The van der Waals surface area contributed by atoms with Crippen LogP contribution in [0.4, 0.5) is 9.59 Å². The topological polar surface area (TPSA) is 186 Å². The zero-order valence-corrected chi connectivity index (χ0v) is 61.3. The first-order valence-corrected chi connectivity index (χ1v) is 40.7. The normalized spacial score (nSPS) is 12.1. The van der Waals surface area contributed by atoms with Crippen molar-refractivity contribution in [3.05, 3.63) is 0 Å². The molecule has 0 aromatic rings. The molecular formula is C69H131N3O14S4. The summed E-state index contributed by atoms with van der Waals surface area (Å²) in [6, 6.07) is 0. The minimum Gasteiger partial charge on any atom is -0.465 e. The van der Waals surface area contributed by atoms with E-state index in [0.717, 1.165) is 113 Å². The molecule has 0 saturated heterocycles. The number of hydrogen-bond acceptors (Lipinski definition) is 21. The molecule has 0 radical (unpaired) electrons. The molecule has 2 unspecified atom stereocenters. The molecule has 0 aromatic carbocycles. The molecule has 0 amide bonds. The highest BCUT2D eigenvalue weighted by Gasteiger charge is 2.18. The Labute approximate surface area is 564 Å². The van der Waals surface area contributed by atoms with Crippen molar-refractivity contribution in [3.63, 3.8) is 0 Å². The highest BCUT2D eigenvalue weighted by Crippen LogP contribution is 2.25. The maximum Gasteiger partial charge on any atom is 0.508 e. The fraction of sp³-hybridized carbons (Fsp3) is 0.913. The molecule has 0 spiro atoms. The SMILES string of the molecule is CCCCCCCCSSCCOC(=O)CCN(CCCN(C)CCCN(CCC(=O)OCCOC(=O)OCC(CCCC)CCCCCC)CCC(=O)OCCOC(=O)OCC(CCCC)CCCCCC)CCC(=O)OCCSSCCCCCCCC. The van der Waals surface area contributed by atoms with Gasteiger partial charge in [-0.1, -0.05) is 226 Å². The van der Waals surface area contributed by atoms with Gasteiger partial charge in [-0.05, 0) is 96.4 Å². The van der Waals surface area contributed by atoms with Gasteiger partial charge in [0.05, 0.1) is 38.9 Å². The predicted octanol–water partition coefficient (Wildman–Crippen LogP) is 17.4. The molecule has 0 aromatic heterocycles. The minimum absolute atomic E-state index is 0.0616. The van der Waals surface area contributed by atoms with Crippen LogP contribution in [0.25, 0.3) is 0 Å². The van der Waals surface area contributed by atoms with Crippen molar-refractivity contribution in [3.8, 4) is 0 Å². The molecule has 2 atom stereocenters. The lowest BCUT2D eigenvalue weighted by atomic mass is 9.96. The lowest BCUT2D eigenvalue weighted by molar-refractivity contribution is -0.146. The van der Waals surface area contributed by atoms with Crippen LogP contribution in [0.15, 0.2) is 0 Å². The Morgan fingerprint density at radius 2 is 0.578 bits per heavy atom. The van der Waals surface area contributed by atoms with Gasteiger partial charge in [-0.2, -0.15) is 0 Å². The molecule has 0 aliphatic heterocycles. The van der Waals surface area contributed by atoms with E-state index in [1.54, 1.807) is 21.6 Å². The number of rotatable bonds is 68. The molecule has 21 heteroatoms. The van der Waals surface area contributed by atoms with E-state index < -0.39 is 24.2 Å². The zero-order valence-electron chi connectivity index (χ0n) is 58.0.